The van der Waals surface area contributed by atoms with Crippen molar-refractivity contribution in [3.8, 4) is 22.4 Å². The van der Waals surface area contributed by atoms with E-state index in [2.05, 4.69) is 80.4 Å². The molecule has 1 aliphatic carbocycles. The number of aryl methyl sites for hydroxylation is 2. The molecule has 0 saturated heterocycles. The molecule has 0 spiro atoms. The minimum absolute atomic E-state index is 1.10. The Bertz CT molecular complexity index is 892. The second-order valence-electron chi connectivity index (χ2n) is 7.72. The van der Waals surface area contributed by atoms with Crippen LogP contribution < -0.4 is 5.19 Å². The van der Waals surface area contributed by atoms with Gasteiger partial charge in [0.25, 0.3) is 0 Å². The van der Waals surface area contributed by atoms with Gasteiger partial charge in [-0.1, -0.05) is 74.2 Å². The molecule has 4 rings (SSSR count). The molecule has 2 aromatic carbocycles. The van der Waals surface area contributed by atoms with Gasteiger partial charge in [0.2, 0.25) is 0 Å². The van der Waals surface area contributed by atoms with Gasteiger partial charge in [0.1, 0.15) is 0 Å². The number of pyridine rings is 1. The number of rotatable bonds is 2. The molecule has 2 heteroatoms. The first-order chi connectivity index (χ1) is 11.5. The van der Waals surface area contributed by atoms with Crippen LogP contribution in [0, 0.1) is 0 Å². The molecule has 0 radical (unpaired) electrons. The molecule has 1 heterocycles. The molecule has 0 bridgehead atoms. The molecule has 0 aliphatic heterocycles. The molecule has 0 N–H and O–H groups in total. The Labute approximate surface area is 145 Å². The van der Waals surface area contributed by atoms with E-state index in [1.807, 2.05) is 0 Å². The lowest BCUT2D eigenvalue weighted by atomic mass is 9.87. The van der Waals surface area contributed by atoms with Crippen LogP contribution in [-0.4, -0.2) is 13.1 Å². The smallest absolute Gasteiger partial charge is 0.0796 e. The van der Waals surface area contributed by atoms with Crippen LogP contribution in [0.25, 0.3) is 22.4 Å². The van der Waals surface area contributed by atoms with Crippen LogP contribution in [0.1, 0.15) is 11.1 Å². The average Bonchev–Trinajstić information content (AvgIpc) is 2.60. The van der Waals surface area contributed by atoms with E-state index in [4.69, 9.17) is 4.98 Å². The van der Waals surface area contributed by atoms with Crippen molar-refractivity contribution in [2.24, 2.45) is 0 Å². The Kier molecular flexibility index (Phi) is 3.65. The van der Waals surface area contributed by atoms with E-state index >= 15 is 0 Å². The van der Waals surface area contributed by atoms with Gasteiger partial charge in [0.05, 0.1) is 13.8 Å². The van der Waals surface area contributed by atoms with Crippen molar-refractivity contribution in [1.82, 2.24) is 4.98 Å². The molecule has 1 aliphatic rings. The summed E-state index contributed by atoms with van der Waals surface area (Å²) in [6, 6.07) is 19.9. The highest BCUT2D eigenvalue weighted by atomic mass is 28.3. The predicted molar refractivity (Wildman–Crippen MR) is 105 cm³/mol. The van der Waals surface area contributed by atoms with Crippen LogP contribution in [0.2, 0.25) is 19.6 Å². The zero-order chi connectivity index (χ0) is 16.7. The maximum atomic E-state index is 4.86. The molecule has 0 unspecified atom stereocenters. The van der Waals surface area contributed by atoms with E-state index in [0.717, 1.165) is 12.8 Å². The number of fused-ring (bicyclic) bond motifs is 3. The van der Waals surface area contributed by atoms with E-state index in [-0.39, 0.29) is 0 Å². The first-order valence-corrected chi connectivity index (χ1v) is 12.2. The molecule has 120 valence electrons. The van der Waals surface area contributed by atoms with E-state index in [1.165, 1.54) is 38.7 Å². The fourth-order valence-electron chi connectivity index (χ4n) is 3.46. The third kappa shape index (κ3) is 2.71. The summed E-state index contributed by atoms with van der Waals surface area (Å²) in [7, 11) is -1.30. The quantitative estimate of drug-likeness (QED) is 0.599. The highest BCUT2D eigenvalue weighted by Crippen LogP contribution is 2.34. The van der Waals surface area contributed by atoms with E-state index in [1.54, 1.807) is 0 Å². The fourth-order valence-corrected chi connectivity index (χ4v) is 4.52. The van der Waals surface area contributed by atoms with Crippen LogP contribution in [0.4, 0.5) is 0 Å². The Morgan fingerprint density at radius 3 is 2.29 bits per heavy atom. The third-order valence-electron chi connectivity index (χ3n) is 4.96. The van der Waals surface area contributed by atoms with Gasteiger partial charge < -0.3 is 0 Å². The lowest BCUT2D eigenvalue weighted by Gasteiger charge is -2.23. The third-order valence-corrected chi connectivity index (χ3v) is 6.97. The van der Waals surface area contributed by atoms with E-state index in [9.17, 15) is 0 Å². The summed E-state index contributed by atoms with van der Waals surface area (Å²) in [6.45, 7) is 7.16. The molecule has 0 atom stereocenters. The number of benzene rings is 2. The molecule has 1 nitrogen and oxygen atoms in total. The van der Waals surface area contributed by atoms with E-state index < -0.39 is 8.07 Å². The second-order valence-corrected chi connectivity index (χ2v) is 12.8. The molecule has 0 saturated carbocycles. The van der Waals surface area contributed by atoms with Crippen LogP contribution in [0.15, 0.2) is 60.8 Å². The average molecular weight is 330 g/mol. The Morgan fingerprint density at radius 1 is 0.792 bits per heavy atom. The Hall–Kier alpha value is -2.19. The van der Waals surface area contributed by atoms with Gasteiger partial charge in [-0.3, -0.25) is 4.98 Å². The van der Waals surface area contributed by atoms with Crippen LogP contribution in [-0.2, 0) is 12.8 Å². The summed E-state index contributed by atoms with van der Waals surface area (Å²) in [4.78, 5) is 4.86. The monoisotopic (exact) mass is 329 g/mol. The minimum Gasteiger partial charge on any atom is -0.256 e. The Balaban J connectivity index is 1.77. The SMILES string of the molecule is C[Si](C)(C)c1cnc2c(c1)CCc1cc(-c3ccccc3)ccc1-2. The van der Waals surface area contributed by atoms with E-state index in [0.29, 0.717) is 0 Å². The van der Waals surface area contributed by atoms with Crippen molar-refractivity contribution in [2.45, 2.75) is 32.5 Å². The zero-order valence-corrected chi connectivity index (χ0v) is 15.6. The summed E-state index contributed by atoms with van der Waals surface area (Å²) in [5.41, 5.74) is 7.95. The number of nitrogens with zero attached hydrogens (tertiary/aromatic N) is 1. The lowest BCUT2D eigenvalue weighted by molar-refractivity contribution is 0.929. The number of hydrogen-bond acceptors (Lipinski definition) is 1. The van der Waals surface area contributed by atoms with Gasteiger partial charge in [0.15, 0.2) is 0 Å². The normalized spacial score (nSPS) is 13.3. The zero-order valence-electron chi connectivity index (χ0n) is 14.6. The van der Waals surface area contributed by atoms with Crippen LogP contribution in [0.3, 0.4) is 0 Å². The molecule has 0 fully saturated rings. The number of hydrogen-bond donors (Lipinski definition) is 0. The first kappa shape index (κ1) is 15.3. The number of aromatic nitrogens is 1. The van der Waals surface area contributed by atoms with Gasteiger partial charge in [-0.2, -0.15) is 0 Å². The molecule has 0 amide bonds. The summed E-state index contributed by atoms with van der Waals surface area (Å²) in [5.74, 6) is 0. The molecule has 24 heavy (non-hydrogen) atoms. The van der Waals surface area contributed by atoms with Crippen molar-refractivity contribution >= 4 is 13.3 Å². The standard InChI is InChI=1S/C22H23NSi/c1-24(2,3)20-14-19-10-9-18-13-17(16-7-5-4-6-8-16)11-12-21(18)22(19)23-15-20/h4-8,11-15H,9-10H2,1-3H3. The predicted octanol–water partition coefficient (Wildman–Crippen LogP) is 5.06. The fraction of sp³-hybridized carbons (Fsp3) is 0.227. The van der Waals surface area contributed by atoms with Crippen molar-refractivity contribution in [2.75, 3.05) is 0 Å². The topological polar surface area (TPSA) is 12.9 Å². The maximum Gasteiger partial charge on any atom is 0.0796 e. The largest absolute Gasteiger partial charge is 0.256 e. The van der Waals surface area contributed by atoms with Gasteiger partial charge >= 0.3 is 0 Å². The van der Waals surface area contributed by atoms with Gasteiger partial charge in [-0.15, -0.1) is 0 Å². The van der Waals surface area contributed by atoms with Crippen molar-refractivity contribution in [1.29, 1.82) is 0 Å². The highest BCUT2D eigenvalue weighted by Gasteiger charge is 2.22. The maximum absolute atomic E-state index is 4.86. The summed E-state index contributed by atoms with van der Waals surface area (Å²) < 4.78 is 0. The van der Waals surface area contributed by atoms with Gasteiger partial charge in [-0.05, 0) is 40.3 Å². The highest BCUT2D eigenvalue weighted by molar-refractivity contribution is 6.88. The molecular weight excluding hydrogens is 306 g/mol. The summed E-state index contributed by atoms with van der Waals surface area (Å²) in [5, 5.41) is 1.46. The van der Waals surface area contributed by atoms with Crippen molar-refractivity contribution in [3.05, 3.63) is 71.9 Å². The molecule has 1 aromatic heterocycles. The minimum atomic E-state index is -1.30. The molecular formula is C22H23NSi. The second kappa shape index (κ2) is 5.71. The summed E-state index contributed by atoms with van der Waals surface area (Å²) in [6.07, 6.45) is 4.33. The lowest BCUT2D eigenvalue weighted by Crippen LogP contribution is -2.38. The first-order valence-electron chi connectivity index (χ1n) is 8.70. The van der Waals surface area contributed by atoms with Gasteiger partial charge in [-0.25, -0.2) is 0 Å². The van der Waals surface area contributed by atoms with Crippen LogP contribution >= 0.6 is 0 Å². The van der Waals surface area contributed by atoms with Crippen molar-refractivity contribution in [3.63, 3.8) is 0 Å². The Morgan fingerprint density at radius 2 is 1.54 bits per heavy atom. The van der Waals surface area contributed by atoms with Crippen molar-refractivity contribution < 1.29 is 0 Å². The van der Waals surface area contributed by atoms with Gasteiger partial charge in [0, 0.05) is 11.8 Å². The van der Waals surface area contributed by atoms with Crippen LogP contribution in [0.5, 0.6) is 0 Å². The summed E-state index contributed by atoms with van der Waals surface area (Å²) >= 11 is 0. The molecule has 3 aromatic rings.